The molecule has 0 unspecified atom stereocenters. The van der Waals surface area contributed by atoms with Crippen molar-refractivity contribution in [3.8, 4) is 0 Å². The predicted octanol–water partition coefficient (Wildman–Crippen LogP) is 3.40. The minimum atomic E-state index is -3.93. The summed E-state index contributed by atoms with van der Waals surface area (Å²) in [7, 11) is -2.14. The molecule has 0 radical (unpaired) electrons. The van der Waals surface area contributed by atoms with Crippen molar-refractivity contribution in [3.63, 3.8) is 0 Å². The molecule has 33 heavy (non-hydrogen) atoms. The van der Waals surface area contributed by atoms with Crippen molar-refractivity contribution in [1.29, 1.82) is 0 Å². The standard InChI is InChI=1S/C23H29N5O4S/c1-6-28-17(4)20(16(3)25-28)11-12-27(5)22-21(13-18(14-24-22)23(29)30)26-33(31,32)19-9-7-15(2)8-10-19/h7-10,13-14,26H,6,11-12H2,1-5H3,(H,29,30). The fraction of sp³-hybridized carbons (Fsp3) is 0.348. The highest BCUT2D eigenvalue weighted by Crippen LogP contribution is 2.27. The summed E-state index contributed by atoms with van der Waals surface area (Å²) in [5.41, 5.74) is 4.11. The Kier molecular flexibility index (Phi) is 7.06. The normalized spacial score (nSPS) is 11.4. The number of likely N-dealkylation sites (N-methyl/N-ethyl adjacent to an activating group) is 1. The number of benzene rings is 1. The zero-order valence-electron chi connectivity index (χ0n) is 19.5. The molecule has 0 bridgehead atoms. The average molecular weight is 472 g/mol. The molecule has 2 N–H and O–H groups in total. The number of anilines is 2. The van der Waals surface area contributed by atoms with Gasteiger partial charge in [0.05, 0.1) is 21.8 Å². The number of carbonyl (C=O) groups is 1. The van der Waals surface area contributed by atoms with E-state index in [9.17, 15) is 18.3 Å². The maximum Gasteiger partial charge on any atom is 0.337 e. The van der Waals surface area contributed by atoms with Crippen LogP contribution in [-0.2, 0) is 23.0 Å². The Bertz CT molecular complexity index is 1270. The zero-order chi connectivity index (χ0) is 24.3. The molecule has 1 aromatic carbocycles. The minimum absolute atomic E-state index is 0.0839. The van der Waals surface area contributed by atoms with Gasteiger partial charge in [-0.3, -0.25) is 9.40 Å². The number of nitrogens with zero attached hydrogens (tertiary/aromatic N) is 4. The zero-order valence-corrected chi connectivity index (χ0v) is 20.3. The number of sulfonamides is 1. The van der Waals surface area contributed by atoms with Gasteiger partial charge >= 0.3 is 5.97 Å². The van der Waals surface area contributed by atoms with Crippen molar-refractivity contribution in [2.24, 2.45) is 0 Å². The molecular formula is C23H29N5O4S. The third-order valence-corrected chi connectivity index (χ3v) is 6.96. The Hall–Kier alpha value is -3.40. The molecule has 0 aliphatic carbocycles. The Morgan fingerprint density at radius 2 is 1.85 bits per heavy atom. The first kappa shape index (κ1) is 24.2. The first-order chi connectivity index (χ1) is 15.5. The molecule has 0 spiro atoms. The molecule has 3 rings (SSSR count). The van der Waals surface area contributed by atoms with Crippen LogP contribution in [0.15, 0.2) is 41.4 Å². The smallest absolute Gasteiger partial charge is 0.337 e. The van der Waals surface area contributed by atoms with Gasteiger partial charge in [0.2, 0.25) is 0 Å². The van der Waals surface area contributed by atoms with E-state index in [1.807, 2.05) is 32.4 Å². The SMILES string of the molecule is CCn1nc(C)c(CCN(C)c2ncc(C(=O)O)cc2NS(=O)(=O)c2ccc(C)cc2)c1C. The van der Waals surface area contributed by atoms with Gasteiger partial charge in [-0.1, -0.05) is 17.7 Å². The molecule has 3 aromatic rings. The van der Waals surface area contributed by atoms with Gasteiger partial charge in [0.15, 0.2) is 5.82 Å². The van der Waals surface area contributed by atoms with Crippen molar-refractivity contribution in [2.75, 3.05) is 23.2 Å². The Balaban J connectivity index is 1.91. The first-order valence-corrected chi connectivity index (χ1v) is 12.1. The van der Waals surface area contributed by atoms with E-state index in [1.54, 1.807) is 24.1 Å². The Morgan fingerprint density at radius 1 is 1.18 bits per heavy atom. The molecule has 0 atom stereocenters. The van der Waals surface area contributed by atoms with Crippen molar-refractivity contribution in [2.45, 2.75) is 45.6 Å². The highest BCUT2D eigenvalue weighted by molar-refractivity contribution is 7.92. The molecule has 2 heterocycles. The summed E-state index contributed by atoms with van der Waals surface area (Å²) in [6.07, 6.45) is 1.91. The van der Waals surface area contributed by atoms with Crippen LogP contribution in [0.1, 0.15) is 39.8 Å². The van der Waals surface area contributed by atoms with Gasteiger partial charge in [-0.25, -0.2) is 18.2 Å². The molecule has 0 saturated carbocycles. The molecular weight excluding hydrogens is 442 g/mol. The van der Waals surface area contributed by atoms with Crippen molar-refractivity contribution in [1.82, 2.24) is 14.8 Å². The first-order valence-electron chi connectivity index (χ1n) is 10.6. The summed E-state index contributed by atoms with van der Waals surface area (Å²) in [4.78, 5) is 17.6. The van der Waals surface area contributed by atoms with Gasteiger partial charge in [0.1, 0.15) is 0 Å². The number of aryl methyl sites for hydroxylation is 3. The van der Waals surface area contributed by atoms with Crippen LogP contribution in [0.3, 0.4) is 0 Å². The molecule has 9 nitrogen and oxygen atoms in total. The summed E-state index contributed by atoms with van der Waals surface area (Å²) < 4.78 is 30.4. The molecule has 0 fully saturated rings. The van der Waals surface area contributed by atoms with E-state index in [2.05, 4.69) is 14.8 Å². The van der Waals surface area contributed by atoms with Crippen LogP contribution in [0.2, 0.25) is 0 Å². The summed E-state index contributed by atoms with van der Waals surface area (Å²) in [5.74, 6) is -0.848. The highest BCUT2D eigenvalue weighted by Gasteiger charge is 2.21. The van der Waals surface area contributed by atoms with E-state index in [-0.39, 0.29) is 16.1 Å². The number of carboxylic acid groups (broad SMARTS) is 1. The number of hydrogen-bond donors (Lipinski definition) is 2. The summed E-state index contributed by atoms with van der Waals surface area (Å²) in [6, 6.07) is 7.71. The molecule has 176 valence electrons. The van der Waals surface area contributed by atoms with Crippen molar-refractivity contribution < 1.29 is 18.3 Å². The lowest BCUT2D eigenvalue weighted by Crippen LogP contribution is -2.25. The molecule has 0 aliphatic heterocycles. The largest absolute Gasteiger partial charge is 0.478 e. The lowest BCUT2D eigenvalue weighted by Gasteiger charge is -2.22. The molecule has 10 heteroatoms. The van der Waals surface area contributed by atoms with Crippen molar-refractivity contribution >= 4 is 27.5 Å². The maximum atomic E-state index is 13.0. The Morgan fingerprint density at radius 3 is 2.42 bits per heavy atom. The molecule has 0 saturated heterocycles. The predicted molar refractivity (Wildman–Crippen MR) is 128 cm³/mol. The van der Waals surface area contributed by atoms with E-state index >= 15 is 0 Å². The van der Waals surface area contributed by atoms with Gasteiger partial charge in [0.25, 0.3) is 10.0 Å². The fourth-order valence-corrected chi connectivity index (χ4v) is 4.72. The van der Waals surface area contributed by atoms with Gasteiger partial charge in [0, 0.05) is 32.0 Å². The van der Waals surface area contributed by atoms with Crippen molar-refractivity contribution in [3.05, 3.63) is 64.6 Å². The molecule has 2 aromatic heterocycles. The van der Waals surface area contributed by atoms with Crippen LogP contribution < -0.4 is 9.62 Å². The number of hydrogen-bond acceptors (Lipinski definition) is 6. The van der Waals surface area contributed by atoms with Gasteiger partial charge in [-0.2, -0.15) is 5.10 Å². The monoisotopic (exact) mass is 471 g/mol. The van der Waals surface area contributed by atoms with Gasteiger partial charge in [-0.05, 0) is 57.9 Å². The van der Waals surface area contributed by atoms with E-state index in [4.69, 9.17) is 0 Å². The van der Waals surface area contributed by atoms with Crippen LogP contribution in [0.25, 0.3) is 0 Å². The second-order valence-corrected chi connectivity index (χ2v) is 9.64. The lowest BCUT2D eigenvalue weighted by molar-refractivity contribution is 0.0696. The minimum Gasteiger partial charge on any atom is -0.478 e. The quantitative estimate of drug-likeness (QED) is 0.491. The average Bonchev–Trinajstić information content (AvgIpc) is 3.04. The number of carboxylic acids is 1. The number of pyridine rings is 1. The van der Waals surface area contributed by atoms with Crippen LogP contribution >= 0.6 is 0 Å². The van der Waals surface area contributed by atoms with E-state index in [0.29, 0.717) is 18.8 Å². The second kappa shape index (κ2) is 9.62. The number of aromatic carboxylic acids is 1. The maximum absolute atomic E-state index is 13.0. The lowest BCUT2D eigenvalue weighted by atomic mass is 10.1. The van der Waals surface area contributed by atoms with Gasteiger partial charge in [-0.15, -0.1) is 0 Å². The summed E-state index contributed by atoms with van der Waals surface area (Å²) in [5, 5.41) is 13.9. The third-order valence-electron chi connectivity index (χ3n) is 5.58. The van der Waals surface area contributed by atoms with Crippen LogP contribution in [0.4, 0.5) is 11.5 Å². The van der Waals surface area contributed by atoms with Gasteiger partial charge < -0.3 is 10.0 Å². The van der Waals surface area contributed by atoms with E-state index < -0.39 is 16.0 Å². The fourth-order valence-electron chi connectivity index (χ4n) is 3.66. The van der Waals surface area contributed by atoms with Crippen LogP contribution in [0.5, 0.6) is 0 Å². The highest BCUT2D eigenvalue weighted by atomic mass is 32.2. The number of rotatable bonds is 9. The number of nitrogens with one attached hydrogen (secondary N) is 1. The summed E-state index contributed by atoms with van der Waals surface area (Å²) >= 11 is 0. The number of aromatic nitrogens is 3. The van der Waals surface area contributed by atoms with Crippen LogP contribution in [0, 0.1) is 20.8 Å². The second-order valence-electron chi connectivity index (χ2n) is 7.96. The van der Waals surface area contributed by atoms with E-state index in [0.717, 1.165) is 29.1 Å². The van der Waals surface area contributed by atoms with E-state index in [1.165, 1.54) is 24.4 Å². The topological polar surface area (TPSA) is 117 Å². The van der Waals surface area contributed by atoms with Crippen LogP contribution in [-0.4, -0.2) is 47.9 Å². The summed E-state index contributed by atoms with van der Waals surface area (Å²) in [6.45, 7) is 9.22. The third kappa shape index (κ3) is 5.33. The molecule has 0 amide bonds. The molecule has 0 aliphatic rings. The Labute approximate surface area is 194 Å².